The van der Waals surface area contributed by atoms with Gasteiger partial charge in [0.1, 0.15) is 9.73 Å². The molecule has 0 radical (unpaired) electrons. The van der Waals surface area contributed by atoms with Crippen LogP contribution in [-0.2, 0) is 14.5 Å². The minimum Gasteiger partial charge on any atom is -0.361 e. The largest absolute Gasteiger partial charge is 0.361 e. The van der Waals surface area contributed by atoms with Crippen LogP contribution >= 0.6 is 0 Å². The fourth-order valence-electron chi connectivity index (χ4n) is 3.68. The fourth-order valence-corrected chi connectivity index (χ4v) is 5.79. The molecule has 1 unspecified atom stereocenters. The molecule has 1 N–H and O–H groups in total. The number of nitrogens with zero attached hydrogens (tertiary/aromatic N) is 1. The summed E-state index contributed by atoms with van der Waals surface area (Å²) in [7, 11) is -1.46. The van der Waals surface area contributed by atoms with Gasteiger partial charge in [-0.3, -0.25) is 0 Å². The average molecular weight is 404 g/mol. The lowest BCUT2D eigenvalue weighted by Crippen LogP contribution is -2.48. The highest BCUT2D eigenvalue weighted by molar-refractivity contribution is 7.97. The summed E-state index contributed by atoms with van der Waals surface area (Å²) >= 11 is 0. The molecule has 0 aliphatic carbocycles. The lowest BCUT2D eigenvalue weighted by molar-refractivity contribution is -0.223. The van der Waals surface area contributed by atoms with Crippen LogP contribution in [0.25, 0.3) is 0 Å². The summed E-state index contributed by atoms with van der Waals surface area (Å²) in [6.07, 6.45) is 7.76. The number of rotatable bonds is 9. The molecule has 0 amide bonds. The Morgan fingerprint density at radius 3 is 2.43 bits per heavy atom. The van der Waals surface area contributed by atoms with Gasteiger partial charge in [0, 0.05) is 19.4 Å². The molecule has 5 heteroatoms. The van der Waals surface area contributed by atoms with Crippen LogP contribution in [0.1, 0.15) is 39.5 Å². The van der Waals surface area contributed by atoms with Crippen molar-refractivity contribution in [3.8, 4) is 0 Å². The summed E-state index contributed by atoms with van der Waals surface area (Å²) in [5.74, 6) is -1.34. The van der Waals surface area contributed by atoms with E-state index in [1.165, 1.54) is 7.05 Å². The highest BCUT2D eigenvalue weighted by Gasteiger charge is 2.46. The maximum Gasteiger partial charge on any atom is 0.202 e. The molecular weight excluding hydrogens is 370 g/mol. The summed E-state index contributed by atoms with van der Waals surface area (Å²) in [5, 5.41) is 11.6. The number of allylic oxidation sites excluding steroid dienone is 2. The van der Waals surface area contributed by atoms with Gasteiger partial charge >= 0.3 is 0 Å². The molecule has 2 rings (SSSR count). The Hall–Kier alpha value is -1.69. The number of benzene rings is 1. The Kier molecular flexibility index (Phi) is 7.81. The molecular formula is C23H33NO3S. The van der Waals surface area contributed by atoms with Crippen molar-refractivity contribution < 1.29 is 14.1 Å². The maximum absolute atomic E-state index is 14.1. The molecule has 1 aromatic carbocycles. The normalized spacial score (nSPS) is 27.0. The molecule has 0 fully saturated rings. The van der Waals surface area contributed by atoms with Gasteiger partial charge in [0.25, 0.3) is 0 Å². The summed E-state index contributed by atoms with van der Waals surface area (Å²) < 4.78 is 24.6. The molecule has 0 saturated heterocycles. The van der Waals surface area contributed by atoms with E-state index in [-0.39, 0.29) is 24.4 Å². The predicted molar refractivity (Wildman–Crippen MR) is 116 cm³/mol. The van der Waals surface area contributed by atoms with E-state index >= 15 is 0 Å². The molecule has 1 aliphatic heterocycles. The van der Waals surface area contributed by atoms with Gasteiger partial charge in [0.2, 0.25) is 5.79 Å². The number of aliphatic hydroxyl groups is 1. The van der Waals surface area contributed by atoms with Crippen LogP contribution in [0, 0.1) is 11.8 Å². The number of hydrogen-bond donors (Lipinski definition) is 1. The van der Waals surface area contributed by atoms with Gasteiger partial charge in [0.05, 0.1) is 15.9 Å². The Balaban J connectivity index is 2.65. The third-order valence-corrected chi connectivity index (χ3v) is 7.71. The molecule has 0 aromatic heterocycles. The minimum atomic E-state index is -3.00. The molecule has 28 heavy (non-hydrogen) atoms. The van der Waals surface area contributed by atoms with E-state index in [1.807, 2.05) is 30.4 Å². The van der Waals surface area contributed by atoms with E-state index in [0.29, 0.717) is 16.2 Å². The molecule has 4 atom stereocenters. The van der Waals surface area contributed by atoms with Crippen molar-refractivity contribution in [3.05, 3.63) is 66.6 Å². The summed E-state index contributed by atoms with van der Waals surface area (Å²) in [6, 6.07) is 9.12. The predicted octanol–water partition coefficient (Wildman–Crippen LogP) is 5.32. The van der Waals surface area contributed by atoms with Crippen LogP contribution in [0.15, 0.2) is 75.9 Å². The van der Waals surface area contributed by atoms with Gasteiger partial charge in [0.15, 0.2) is 0 Å². The molecule has 0 spiro atoms. The van der Waals surface area contributed by atoms with Crippen LogP contribution in [0.2, 0.25) is 0 Å². The highest BCUT2D eigenvalue weighted by Crippen LogP contribution is 2.43. The zero-order chi connectivity index (χ0) is 20.8. The third kappa shape index (κ3) is 4.65. The lowest BCUT2D eigenvalue weighted by atomic mass is 9.84. The number of ether oxygens (including phenoxy) is 1. The second kappa shape index (κ2) is 9.68. The van der Waals surface area contributed by atoms with Crippen molar-refractivity contribution in [2.24, 2.45) is 16.2 Å². The first-order chi connectivity index (χ1) is 13.3. The first-order valence-corrected chi connectivity index (χ1v) is 11.4. The molecule has 0 saturated carbocycles. The summed E-state index contributed by atoms with van der Waals surface area (Å²) in [5.41, 5.74) is 0. The van der Waals surface area contributed by atoms with Gasteiger partial charge in [-0.05, 0) is 37.3 Å². The highest BCUT2D eigenvalue weighted by atomic mass is 32.2. The van der Waals surface area contributed by atoms with E-state index in [2.05, 4.69) is 31.4 Å². The standard InChI is InChI=1S/C23H33NO3S/c1-6-8-15-21-20(18(3)4)17-22(23(25,27-21)16-9-7-2)28(26,24-5)19-13-11-10-12-14-19/h6-7,10-14,17-18,20-21,25H,1-2,8-9,15-16H2,3-5H3/t20-,21-,23+,28?/m0/s1. The minimum absolute atomic E-state index is 0.0326. The lowest BCUT2D eigenvalue weighted by Gasteiger charge is -2.43. The van der Waals surface area contributed by atoms with Crippen LogP contribution in [0.5, 0.6) is 0 Å². The summed E-state index contributed by atoms with van der Waals surface area (Å²) in [4.78, 5) is 0.945. The van der Waals surface area contributed by atoms with E-state index in [1.54, 1.807) is 18.2 Å². The van der Waals surface area contributed by atoms with E-state index in [9.17, 15) is 9.32 Å². The van der Waals surface area contributed by atoms with Gasteiger partial charge in [-0.15, -0.1) is 13.2 Å². The number of hydrogen-bond acceptors (Lipinski definition) is 4. The SMILES string of the molecule is C=CCC[C@@H]1O[C@](O)(CCC=C)C(S(=O)(=NC)c2ccccc2)=C[C@H]1C(C)C. The zero-order valence-corrected chi connectivity index (χ0v) is 18.0. The molecule has 4 nitrogen and oxygen atoms in total. The van der Waals surface area contributed by atoms with Crippen LogP contribution in [-0.4, -0.2) is 28.3 Å². The van der Waals surface area contributed by atoms with Crippen molar-refractivity contribution in [2.75, 3.05) is 7.05 Å². The van der Waals surface area contributed by atoms with Crippen LogP contribution < -0.4 is 0 Å². The molecule has 1 aliphatic rings. The first kappa shape index (κ1) is 22.6. The second-order valence-electron chi connectivity index (χ2n) is 7.51. The fraction of sp³-hybridized carbons (Fsp3) is 0.478. The van der Waals surface area contributed by atoms with Crippen molar-refractivity contribution in [2.45, 2.75) is 56.3 Å². The van der Waals surface area contributed by atoms with E-state index in [4.69, 9.17) is 4.74 Å². The third-order valence-electron chi connectivity index (χ3n) is 5.23. The Morgan fingerprint density at radius 1 is 1.25 bits per heavy atom. The molecule has 0 bridgehead atoms. The molecule has 1 heterocycles. The van der Waals surface area contributed by atoms with Crippen molar-refractivity contribution in [1.29, 1.82) is 0 Å². The van der Waals surface area contributed by atoms with E-state index < -0.39 is 15.5 Å². The Morgan fingerprint density at radius 2 is 1.89 bits per heavy atom. The molecule has 154 valence electrons. The Labute approximate surface area is 170 Å². The van der Waals surface area contributed by atoms with Crippen LogP contribution in [0.3, 0.4) is 0 Å². The monoisotopic (exact) mass is 403 g/mol. The van der Waals surface area contributed by atoms with Crippen molar-refractivity contribution >= 4 is 9.73 Å². The van der Waals surface area contributed by atoms with Gasteiger partial charge in [-0.25, -0.2) is 8.57 Å². The van der Waals surface area contributed by atoms with Crippen LogP contribution in [0.4, 0.5) is 0 Å². The quantitative estimate of drug-likeness (QED) is 0.568. The van der Waals surface area contributed by atoms with Gasteiger partial charge < -0.3 is 9.84 Å². The zero-order valence-electron chi connectivity index (χ0n) is 17.2. The topological polar surface area (TPSA) is 58.9 Å². The first-order valence-electron chi connectivity index (χ1n) is 9.87. The Bertz CT molecular complexity index is 822. The smallest absolute Gasteiger partial charge is 0.202 e. The van der Waals surface area contributed by atoms with E-state index in [0.717, 1.165) is 12.8 Å². The van der Waals surface area contributed by atoms with Gasteiger partial charge in [-0.2, -0.15) is 0 Å². The summed E-state index contributed by atoms with van der Waals surface area (Å²) in [6.45, 7) is 11.8. The second-order valence-corrected chi connectivity index (χ2v) is 9.84. The van der Waals surface area contributed by atoms with Crippen molar-refractivity contribution in [1.82, 2.24) is 0 Å². The maximum atomic E-state index is 14.1. The molecule has 1 aromatic rings. The van der Waals surface area contributed by atoms with Crippen molar-refractivity contribution in [3.63, 3.8) is 0 Å². The average Bonchev–Trinajstić information content (AvgIpc) is 2.70. The van der Waals surface area contributed by atoms with Gasteiger partial charge in [-0.1, -0.05) is 50.3 Å².